The summed E-state index contributed by atoms with van der Waals surface area (Å²) >= 11 is 0. The van der Waals surface area contributed by atoms with Gasteiger partial charge in [0.25, 0.3) is 0 Å². The SMILES string of the molecule is C[Si]COCCC(C)NC(C)NCCN. The molecule has 0 spiro atoms. The molecule has 0 fully saturated rings. The molecule has 5 heteroatoms. The fraction of sp³-hybridized carbons (Fsp3) is 1.00. The molecule has 0 aliphatic heterocycles. The van der Waals surface area contributed by atoms with Crippen LogP contribution >= 0.6 is 0 Å². The smallest absolute Gasteiger partial charge is 0.0699 e. The molecule has 90 valence electrons. The Morgan fingerprint density at radius 2 is 2.13 bits per heavy atom. The maximum atomic E-state index is 5.45. The van der Waals surface area contributed by atoms with Crippen LogP contribution < -0.4 is 16.4 Å². The molecule has 0 rings (SSSR count). The van der Waals surface area contributed by atoms with Crippen LogP contribution in [0, 0.1) is 0 Å². The van der Waals surface area contributed by atoms with Crippen LogP contribution in [0.1, 0.15) is 20.3 Å². The Morgan fingerprint density at radius 1 is 1.40 bits per heavy atom. The lowest BCUT2D eigenvalue weighted by Crippen LogP contribution is -2.46. The highest BCUT2D eigenvalue weighted by Gasteiger charge is 2.05. The predicted molar refractivity (Wildman–Crippen MR) is 66.2 cm³/mol. The molecule has 0 aliphatic carbocycles. The van der Waals surface area contributed by atoms with E-state index in [0.717, 1.165) is 35.3 Å². The fourth-order valence-corrected chi connectivity index (χ4v) is 1.65. The molecule has 4 N–H and O–H groups in total. The minimum atomic E-state index is 0.316. The molecule has 0 heterocycles. The molecular formula is C10H25N3OSi. The lowest BCUT2D eigenvalue weighted by molar-refractivity contribution is 0.163. The van der Waals surface area contributed by atoms with Crippen LogP contribution in [0.2, 0.25) is 6.55 Å². The van der Waals surface area contributed by atoms with Crippen molar-refractivity contribution in [1.82, 2.24) is 10.6 Å². The largest absolute Gasteiger partial charge is 0.385 e. The van der Waals surface area contributed by atoms with E-state index >= 15 is 0 Å². The highest BCUT2D eigenvalue weighted by Crippen LogP contribution is 1.92. The van der Waals surface area contributed by atoms with Gasteiger partial charge in [-0.05, 0) is 20.3 Å². The number of ether oxygens (including phenoxy) is 1. The van der Waals surface area contributed by atoms with Crippen molar-refractivity contribution in [1.29, 1.82) is 0 Å². The zero-order chi connectivity index (χ0) is 11.5. The molecule has 0 aromatic carbocycles. The van der Waals surface area contributed by atoms with Gasteiger partial charge >= 0.3 is 0 Å². The zero-order valence-electron chi connectivity index (χ0n) is 10.2. The van der Waals surface area contributed by atoms with Crippen molar-refractivity contribution in [3.05, 3.63) is 0 Å². The molecule has 2 unspecified atom stereocenters. The van der Waals surface area contributed by atoms with Crippen molar-refractivity contribution < 1.29 is 4.74 Å². The maximum absolute atomic E-state index is 5.45. The number of rotatable bonds is 10. The summed E-state index contributed by atoms with van der Waals surface area (Å²) in [7, 11) is 0.888. The van der Waals surface area contributed by atoms with Crippen molar-refractivity contribution in [2.75, 3.05) is 25.9 Å². The number of nitrogens with two attached hydrogens (primary N) is 1. The van der Waals surface area contributed by atoms with Gasteiger partial charge in [0, 0.05) is 32.0 Å². The number of hydrogen-bond donors (Lipinski definition) is 3. The Morgan fingerprint density at radius 3 is 2.73 bits per heavy atom. The molecule has 0 saturated carbocycles. The van der Waals surface area contributed by atoms with Crippen molar-refractivity contribution >= 4 is 9.52 Å². The quantitative estimate of drug-likeness (QED) is 0.281. The lowest BCUT2D eigenvalue weighted by Gasteiger charge is -2.20. The maximum Gasteiger partial charge on any atom is 0.0699 e. The first kappa shape index (κ1) is 15.1. The fourth-order valence-electron chi connectivity index (χ4n) is 1.30. The van der Waals surface area contributed by atoms with E-state index in [2.05, 4.69) is 31.0 Å². The highest BCUT2D eigenvalue weighted by atomic mass is 28.2. The van der Waals surface area contributed by atoms with E-state index < -0.39 is 0 Å². The Hall–Kier alpha value is 0.0569. The summed E-state index contributed by atoms with van der Waals surface area (Å²) in [5, 5.41) is 6.74. The second kappa shape index (κ2) is 10.6. The molecule has 0 aliphatic rings. The third-order valence-electron chi connectivity index (χ3n) is 2.07. The second-order valence-corrected chi connectivity index (χ2v) is 4.72. The van der Waals surface area contributed by atoms with E-state index in [-0.39, 0.29) is 0 Å². The van der Waals surface area contributed by atoms with Crippen LogP contribution in [0.4, 0.5) is 0 Å². The lowest BCUT2D eigenvalue weighted by atomic mass is 10.2. The molecule has 0 aromatic heterocycles. The van der Waals surface area contributed by atoms with Crippen LogP contribution in [0.3, 0.4) is 0 Å². The van der Waals surface area contributed by atoms with Crippen LogP contribution in [0.15, 0.2) is 0 Å². The Bertz CT molecular complexity index is 138. The Balaban J connectivity index is 3.33. The molecule has 15 heavy (non-hydrogen) atoms. The van der Waals surface area contributed by atoms with Gasteiger partial charge < -0.3 is 15.8 Å². The summed E-state index contributed by atoms with van der Waals surface area (Å²) < 4.78 is 5.45. The topological polar surface area (TPSA) is 59.3 Å². The first-order valence-electron chi connectivity index (χ1n) is 5.62. The van der Waals surface area contributed by atoms with E-state index in [9.17, 15) is 0 Å². The molecule has 0 saturated heterocycles. The van der Waals surface area contributed by atoms with Crippen molar-refractivity contribution in [3.8, 4) is 0 Å². The minimum Gasteiger partial charge on any atom is -0.385 e. The molecule has 4 nitrogen and oxygen atoms in total. The van der Waals surface area contributed by atoms with Crippen LogP contribution in [0.25, 0.3) is 0 Å². The van der Waals surface area contributed by atoms with Gasteiger partial charge in [-0.1, -0.05) is 6.55 Å². The first-order valence-corrected chi connectivity index (χ1v) is 7.33. The van der Waals surface area contributed by atoms with Gasteiger partial charge in [0.15, 0.2) is 0 Å². The Labute approximate surface area is 96.2 Å². The average Bonchev–Trinajstić information content (AvgIpc) is 2.21. The molecule has 0 aromatic rings. The summed E-state index contributed by atoms with van der Waals surface area (Å²) in [6, 6.07) is 0.477. The van der Waals surface area contributed by atoms with Gasteiger partial charge in [0.1, 0.15) is 0 Å². The van der Waals surface area contributed by atoms with Crippen molar-refractivity contribution in [2.24, 2.45) is 5.73 Å². The van der Waals surface area contributed by atoms with E-state index in [4.69, 9.17) is 10.5 Å². The van der Waals surface area contributed by atoms with Crippen LogP contribution in [-0.4, -0.2) is 47.7 Å². The van der Waals surface area contributed by atoms with Crippen molar-refractivity contribution in [3.63, 3.8) is 0 Å². The number of nitrogens with one attached hydrogen (secondary N) is 2. The third-order valence-corrected chi connectivity index (χ3v) is 2.56. The number of hydrogen-bond acceptors (Lipinski definition) is 4. The van der Waals surface area contributed by atoms with E-state index in [0.29, 0.717) is 18.8 Å². The molecular weight excluding hydrogens is 206 g/mol. The summed E-state index contributed by atoms with van der Waals surface area (Å²) in [5.41, 5.74) is 5.41. The van der Waals surface area contributed by atoms with Gasteiger partial charge in [0.05, 0.1) is 15.7 Å². The van der Waals surface area contributed by atoms with Crippen molar-refractivity contribution in [2.45, 2.75) is 39.0 Å². The molecule has 0 bridgehead atoms. The van der Waals surface area contributed by atoms with E-state index in [1.54, 1.807) is 0 Å². The Kier molecular flexibility index (Phi) is 10.6. The van der Waals surface area contributed by atoms with Gasteiger partial charge in [-0.2, -0.15) is 0 Å². The van der Waals surface area contributed by atoms with E-state index in [1.165, 1.54) is 0 Å². The van der Waals surface area contributed by atoms with Gasteiger partial charge in [-0.25, -0.2) is 0 Å². The summed E-state index contributed by atoms with van der Waals surface area (Å²) in [6.45, 7) is 8.83. The van der Waals surface area contributed by atoms with Crippen LogP contribution in [0.5, 0.6) is 0 Å². The van der Waals surface area contributed by atoms with Crippen LogP contribution in [-0.2, 0) is 4.74 Å². The predicted octanol–water partition coefficient (Wildman–Crippen LogP) is -0.0247. The average molecular weight is 231 g/mol. The summed E-state index contributed by atoms with van der Waals surface area (Å²) in [5.74, 6) is 0. The summed E-state index contributed by atoms with van der Waals surface area (Å²) in [4.78, 5) is 0. The molecule has 2 atom stereocenters. The third kappa shape index (κ3) is 10.3. The minimum absolute atomic E-state index is 0.316. The normalized spacial score (nSPS) is 15.2. The first-order chi connectivity index (χ1) is 7.20. The summed E-state index contributed by atoms with van der Waals surface area (Å²) in [6.07, 6.45) is 2.27. The van der Waals surface area contributed by atoms with E-state index in [1.807, 2.05) is 0 Å². The standard InChI is InChI=1S/C10H25N3OSi/c1-9(4-7-14-8-15-3)13-10(2)12-6-5-11/h9-10,12-13H,4-8,11H2,1-3H3. The highest BCUT2D eigenvalue weighted by molar-refractivity contribution is 6.33. The molecule has 2 radical (unpaired) electrons. The molecule has 0 amide bonds. The second-order valence-electron chi connectivity index (χ2n) is 3.73. The van der Waals surface area contributed by atoms with Gasteiger partial charge in [0.2, 0.25) is 0 Å². The monoisotopic (exact) mass is 231 g/mol. The van der Waals surface area contributed by atoms with Gasteiger partial charge in [-0.3, -0.25) is 5.32 Å². The van der Waals surface area contributed by atoms with Gasteiger partial charge in [-0.15, -0.1) is 0 Å². The zero-order valence-corrected chi connectivity index (χ0v) is 11.2.